The summed E-state index contributed by atoms with van der Waals surface area (Å²) < 4.78 is 0. The van der Waals surface area contributed by atoms with Gasteiger partial charge in [-0.1, -0.05) is 12.1 Å². The molecule has 0 spiro atoms. The van der Waals surface area contributed by atoms with Crippen LogP contribution in [0.4, 0.5) is 5.95 Å². The summed E-state index contributed by atoms with van der Waals surface area (Å²) in [6.07, 6.45) is 0.983. The number of benzene rings is 1. The van der Waals surface area contributed by atoms with Crippen molar-refractivity contribution in [1.82, 2.24) is 14.9 Å². The number of hydrogen-bond donors (Lipinski definition) is 1. The molecule has 1 N–H and O–H groups in total. The second-order valence-corrected chi connectivity index (χ2v) is 4.92. The first-order valence-electron chi connectivity index (χ1n) is 6.69. The summed E-state index contributed by atoms with van der Waals surface area (Å²) in [5, 5.41) is 0. The van der Waals surface area contributed by atoms with Gasteiger partial charge in [0.05, 0.1) is 11.0 Å². The van der Waals surface area contributed by atoms with Crippen molar-refractivity contribution in [3.8, 4) is 0 Å². The zero-order chi connectivity index (χ0) is 13.2. The number of H-pyrrole nitrogens is 1. The van der Waals surface area contributed by atoms with Crippen molar-refractivity contribution in [3.63, 3.8) is 0 Å². The smallest absolute Gasteiger partial charge is 0.219 e. The maximum Gasteiger partial charge on any atom is 0.219 e. The molecule has 2 aromatic rings. The average Bonchev–Trinajstić information content (AvgIpc) is 2.67. The third-order valence-corrected chi connectivity index (χ3v) is 3.62. The lowest BCUT2D eigenvalue weighted by atomic mass is 10.3. The van der Waals surface area contributed by atoms with Gasteiger partial charge in [-0.05, 0) is 18.6 Å². The van der Waals surface area contributed by atoms with Gasteiger partial charge in [-0.3, -0.25) is 4.79 Å². The number of fused-ring (bicyclic) bond motifs is 1. The Kier molecular flexibility index (Phi) is 3.11. The van der Waals surface area contributed by atoms with Gasteiger partial charge in [-0.25, -0.2) is 4.98 Å². The largest absolute Gasteiger partial charge is 0.341 e. The molecule has 5 heteroatoms. The first-order valence-corrected chi connectivity index (χ1v) is 6.69. The Balaban J connectivity index is 1.80. The lowest BCUT2D eigenvalue weighted by Gasteiger charge is -2.20. The Morgan fingerprint density at radius 3 is 2.84 bits per heavy atom. The van der Waals surface area contributed by atoms with Gasteiger partial charge in [0.25, 0.3) is 0 Å². The Morgan fingerprint density at radius 1 is 1.21 bits per heavy atom. The van der Waals surface area contributed by atoms with Crippen molar-refractivity contribution in [1.29, 1.82) is 0 Å². The van der Waals surface area contributed by atoms with Crippen LogP contribution >= 0.6 is 0 Å². The molecule has 19 heavy (non-hydrogen) atoms. The minimum atomic E-state index is 0.159. The monoisotopic (exact) mass is 258 g/mol. The molecule has 1 saturated heterocycles. The van der Waals surface area contributed by atoms with Gasteiger partial charge < -0.3 is 14.8 Å². The molecule has 2 heterocycles. The topological polar surface area (TPSA) is 52.2 Å². The number of rotatable bonds is 1. The molecule has 1 aliphatic rings. The fourth-order valence-corrected chi connectivity index (χ4v) is 2.53. The minimum Gasteiger partial charge on any atom is -0.341 e. The normalized spacial score (nSPS) is 16.7. The third kappa shape index (κ3) is 2.41. The highest BCUT2D eigenvalue weighted by Gasteiger charge is 2.18. The summed E-state index contributed by atoms with van der Waals surface area (Å²) in [6.45, 7) is 5.01. The van der Waals surface area contributed by atoms with Crippen LogP contribution in [0.25, 0.3) is 11.0 Å². The number of para-hydroxylation sites is 2. The van der Waals surface area contributed by atoms with Gasteiger partial charge in [0.1, 0.15) is 0 Å². The molecule has 0 radical (unpaired) electrons. The van der Waals surface area contributed by atoms with Crippen LogP contribution in [-0.2, 0) is 4.79 Å². The number of hydrogen-bond acceptors (Lipinski definition) is 3. The molecular formula is C14H18N4O. The number of carbonyl (C=O) groups excluding carboxylic acids is 1. The van der Waals surface area contributed by atoms with E-state index in [1.165, 1.54) is 0 Å². The van der Waals surface area contributed by atoms with Crippen LogP contribution in [0.5, 0.6) is 0 Å². The van der Waals surface area contributed by atoms with E-state index in [0.29, 0.717) is 0 Å². The van der Waals surface area contributed by atoms with E-state index >= 15 is 0 Å². The molecule has 0 atom stereocenters. The van der Waals surface area contributed by atoms with Crippen LogP contribution in [0.1, 0.15) is 13.3 Å². The molecule has 0 aliphatic carbocycles. The number of amides is 1. The molecule has 1 amide bonds. The van der Waals surface area contributed by atoms with Crippen LogP contribution in [0, 0.1) is 0 Å². The predicted octanol–water partition coefficient (Wildman–Crippen LogP) is 1.62. The molecule has 0 bridgehead atoms. The number of imidazole rings is 1. The number of aromatic nitrogens is 2. The van der Waals surface area contributed by atoms with Crippen molar-refractivity contribution >= 4 is 22.9 Å². The first kappa shape index (κ1) is 12.0. The van der Waals surface area contributed by atoms with Crippen LogP contribution in [0.3, 0.4) is 0 Å². The average molecular weight is 258 g/mol. The zero-order valence-corrected chi connectivity index (χ0v) is 11.1. The Hall–Kier alpha value is -2.04. The van der Waals surface area contributed by atoms with E-state index in [9.17, 15) is 4.79 Å². The van der Waals surface area contributed by atoms with Gasteiger partial charge >= 0.3 is 0 Å². The van der Waals surface area contributed by atoms with Gasteiger partial charge in [0.2, 0.25) is 11.9 Å². The fourth-order valence-electron chi connectivity index (χ4n) is 2.53. The maximum absolute atomic E-state index is 11.4. The quantitative estimate of drug-likeness (QED) is 0.845. The molecule has 1 aromatic carbocycles. The Bertz CT molecular complexity index is 559. The molecule has 0 saturated carbocycles. The molecule has 5 nitrogen and oxygen atoms in total. The van der Waals surface area contributed by atoms with Crippen molar-refractivity contribution in [3.05, 3.63) is 24.3 Å². The lowest BCUT2D eigenvalue weighted by molar-refractivity contribution is -0.128. The zero-order valence-electron chi connectivity index (χ0n) is 11.1. The second kappa shape index (κ2) is 4.91. The summed E-state index contributed by atoms with van der Waals surface area (Å²) in [6, 6.07) is 8.04. The number of nitrogens with one attached hydrogen (secondary N) is 1. The van der Waals surface area contributed by atoms with E-state index < -0.39 is 0 Å². The Morgan fingerprint density at radius 2 is 2.05 bits per heavy atom. The highest BCUT2D eigenvalue weighted by atomic mass is 16.2. The lowest BCUT2D eigenvalue weighted by Crippen LogP contribution is -2.33. The van der Waals surface area contributed by atoms with Gasteiger partial charge in [0, 0.05) is 33.1 Å². The molecule has 1 fully saturated rings. The van der Waals surface area contributed by atoms with Crippen molar-refractivity contribution in [2.24, 2.45) is 0 Å². The van der Waals surface area contributed by atoms with Gasteiger partial charge in [-0.15, -0.1) is 0 Å². The summed E-state index contributed by atoms with van der Waals surface area (Å²) >= 11 is 0. The summed E-state index contributed by atoms with van der Waals surface area (Å²) in [5.41, 5.74) is 2.05. The van der Waals surface area contributed by atoms with Crippen LogP contribution in [0.15, 0.2) is 24.3 Å². The van der Waals surface area contributed by atoms with Crippen LogP contribution < -0.4 is 4.90 Å². The van der Waals surface area contributed by atoms with Crippen molar-refractivity contribution in [2.75, 3.05) is 31.1 Å². The SMILES string of the molecule is CC(=O)N1CCCN(c2nc3ccccc3[nH]2)CC1. The minimum absolute atomic E-state index is 0.159. The van der Waals surface area contributed by atoms with E-state index in [-0.39, 0.29) is 5.91 Å². The fraction of sp³-hybridized carbons (Fsp3) is 0.429. The molecule has 1 aromatic heterocycles. The molecule has 1 aliphatic heterocycles. The molecular weight excluding hydrogens is 240 g/mol. The van der Waals surface area contributed by atoms with Crippen LogP contribution in [-0.4, -0.2) is 47.0 Å². The standard InChI is InChI=1S/C14H18N4O/c1-11(19)17-7-4-8-18(10-9-17)14-15-12-5-2-3-6-13(12)16-14/h2-3,5-6H,4,7-10H2,1H3,(H,15,16). The molecule has 100 valence electrons. The van der Waals surface area contributed by atoms with E-state index in [1.807, 2.05) is 29.2 Å². The first-order chi connectivity index (χ1) is 9.24. The summed E-state index contributed by atoms with van der Waals surface area (Å²) in [5.74, 6) is 1.07. The highest BCUT2D eigenvalue weighted by molar-refractivity contribution is 5.77. The Labute approximate surface area is 112 Å². The van der Waals surface area contributed by atoms with Crippen LogP contribution in [0.2, 0.25) is 0 Å². The maximum atomic E-state index is 11.4. The van der Waals surface area contributed by atoms with Crippen molar-refractivity contribution < 1.29 is 4.79 Å². The third-order valence-electron chi connectivity index (χ3n) is 3.62. The summed E-state index contributed by atoms with van der Waals surface area (Å²) in [4.78, 5) is 23.5. The molecule has 0 unspecified atom stereocenters. The van der Waals surface area contributed by atoms with E-state index in [0.717, 1.165) is 49.6 Å². The number of anilines is 1. The summed E-state index contributed by atoms with van der Waals surface area (Å²) in [7, 11) is 0. The van der Waals surface area contributed by atoms with Gasteiger partial charge in [0.15, 0.2) is 0 Å². The van der Waals surface area contributed by atoms with Gasteiger partial charge in [-0.2, -0.15) is 0 Å². The predicted molar refractivity (Wildman–Crippen MR) is 75.2 cm³/mol. The number of nitrogens with zero attached hydrogens (tertiary/aromatic N) is 3. The highest BCUT2D eigenvalue weighted by Crippen LogP contribution is 2.18. The number of carbonyl (C=O) groups is 1. The second-order valence-electron chi connectivity index (χ2n) is 4.92. The molecule has 3 rings (SSSR count). The van der Waals surface area contributed by atoms with E-state index in [2.05, 4.69) is 14.9 Å². The van der Waals surface area contributed by atoms with E-state index in [4.69, 9.17) is 0 Å². The number of aromatic amines is 1. The van der Waals surface area contributed by atoms with Crippen molar-refractivity contribution in [2.45, 2.75) is 13.3 Å². The van der Waals surface area contributed by atoms with E-state index in [1.54, 1.807) is 6.92 Å².